The van der Waals surface area contributed by atoms with Crippen LogP contribution in [0.2, 0.25) is 5.02 Å². The van der Waals surface area contributed by atoms with E-state index in [-0.39, 0.29) is 21.6 Å². The van der Waals surface area contributed by atoms with Crippen molar-refractivity contribution in [3.8, 4) is 5.69 Å². The lowest BCUT2D eigenvalue weighted by atomic mass is 10.1. The van der Waals surface area contributed by atoms with Gasteiger partial charge in [0.1, 0.15) is 0 Å². The molecule has 0 aliphatic heterocycles. The van der Waals surface area contributed by atoms with E-state index in [2.05, 4.69) is 4.98 Å². The average molecular weight is 337 g/mol. The number of thioether (sulfide) groups is 1. The van der Waals surface area contributed by atoms with Gasteiger partial charge in [0.25, 0.3) is 0 Å². The zero-order valence-corrected chi connectivity index (χ0v) is 11.8. The number of hydrogen-bond acceptors (Lipinski definition) is 3. The lowest BCUT2D eigenvalue weighted by Gasteiger charge is -2.15. The number of carbonyl (C=O) groups is 1. The third-order valence-corrected chi connectivity index (χ3v) is 3.64. The molecule has 0 bridgehead atoms. The maximum atomic E-state index is 13.1. The molecule has 2 aromatic rings. The molecule has 0 spiro atoms. The third kappa shape index (κ3) is 3.70. The molecule has 0 aliphatic carbocycles. The van der Waals surface area contributed by atoms with Gasteiger partial charge in [-0.15, -0.1) is 0 Å². The quantitative estimate of drug-likeness (QED) is 0.865. The van der Waals surface area contributed by atoms with Crippen LogP contribution in [-0.4, -0.2) is 26.4 Å². The summed E-state index contributed by atoms with van der Waals surface area (Å²) in [6.45, 7) is 0. The molecular weight excluding hydrogens is 329 g/mol. The molecule has 2 rings (SSSR count). The fourth-order valence-corrected chi connectivity index (χ4v) is 2.51. The number of carboxylic acid groups (broad SMARTS) is 1. The molecule has 0 saturated carbocycles. The molecule has 1 aromatic heterocycles. The number of aromatic nitrogens is 2. The lowest BCUT2D eigenvalue weighted by molar-refractivity contribution is -0.137. The molecule has 0 radical (unpaired) electrons. The fraction of sp³-hybridized carbons (Fsp3) is 0.167. The number of benzene rings is 1. The minimum absolute atomic E-state index is 0.0362. The number of halogens is 4. The van der Waals surface area contributed by atoms with Crippen molar-refractivity contribution in [1.82, 2.24) is 9.55 Å². The highest BCUT2D eigenvalue weighted by molar-refractivity contribution is 7.99. The maximum absolute atomic E-state index is 13.1. The monoisotopic (exact) mass is 336 g/mol. The SMILES string of the molecule is O=C(O)CSc1nccn1-c1ccc(Cl)cc1C(F)(F)F. The second kappa shape index (κ2) is 5.98. The first kappa shape index (κ1) is 15.7. The highest BCUT2D eigenvalue weighted by Crippen LogP contribution is 2.36. The van der Waals surface area contributed by atoms with E-state index in [1.54, 1.807) is 0 Å². The van der Waals surface area contributed by atoms with Gasteiger partial charge in [-0.1, -0.05) is 23.4 Å². The van der Waals surface area contributed by atoms with Crippen molar-refractivity contribution in [3.05, 3.63) is 41.2 Å². The van der Waals surface area contributed by atoms with Gasteiger partial charge in [0.15, 0.2) is 5.16 Å². The van der Waals surface area contributed by atoms with E-state index in [0.717, 1.165) is 17.8 Å². The first-order valence-corrected chi connectivity index (χ1v) is 6.90. The molecule has 1 N–H and O–H groups in total. The summed E-state index contributed by atoms with van der Waals surface area (Å²) >= 11 is 6.45. The molecule has 0 aliphatic rings. The Kier molecular flexibility index (Phi) is 4.48. The van der Waals surface area contributed by atoms with Gasteiger partial charge >= 0.3 is 12.1 Å². The van der Waals surface area contributed by atoms with E-state index < -0.39 is 17.7 Å². The van der Waals surface area contributed by atoms with Crippen LogP contribution in [0, 0.1) is 0 Å². The summed E-state index contributed by atoms with van der Waals surface area (Å²) in [4.78, 5) is 14.4. The minimum Gasteiger partial charge on any atom is -0.481 e. The van der Waals surface area contributed by atoms with Crippen LogP contribution in [0.25, 0.3) is 5.69 Å². The predicted octanol–water partition coefficient (Wildman–Crippen LogP) is 3.72. The second-order valence-corrected chi connectivity index (χ2v) is 5.30. The van der Waals surface area contributed by atoms with Crippen LogP contribution in [0.4, 0.5) is 13.2 Å². The summed E-state index contributed by atoms with van der Waals surface area (Å²) in [5.74, 6) is -1.38. The van der Waals surface area contributed by atoms with E-state index in [1.165, 1.54) is 29.1 Å². The molecule has 1 heterocycles. The van der Waals surface area contributed by atoms with Gasteiger partial charge in [-0.2, -0.15) is 13.2 Å². The average Bonchev–Trinajstić information content (AvgIpc) is 2.83. The smallest absolute Gasteiger partial charge is 0.418 e. The topological polar surface area (TPSA) is 55.1 Å². The normalized spacial score (nSPS) is 11.6. The number of imidazole rings is 1. The second-order valence-electron chi connectivity index (χ2n) is 3.92. The highest BCUT2D eigenvalue weighted by atomic mass is 35.5. The predicted molar refractivity (Wildman–Crippen MR) is 71.9 cm³/mol. The maximum Gasteiger partial charge on any atom is 0.418 e. The van der Waals surface area contributed by atoms with E-state index in [0.29, 0.717) is 0 Å². The van der Waals surface area contributed by atoms with Crippen LogP contribution in [0.15, 0.2) is 35.7 Å². The van der Waals surface area contributed by atoms with E-state index in [9.17, 15) is 18.0 Å². The molecule has 1 aromatic carbocycles. The van der Waals surface area contributed by atoms with Crippen LogP contribution in [0.5, 0.6) is 0 Å². The van der Waals surface area contributed by atoms with E-state index in [4.69, 9.17) is 16.7 Å². The Morgan fingerprint density at radius 3 is 2.76 bits per heavy atom. The Balaban J connectivity index is 2.48. The van der Waals surface area contributed by atoms with Gasteiger partial charge in [-0.3, -0.25) is 9.36 Å². The van der Waals surface area contributed by atoms with Gasteiger partial charge in [0.05, 0.1) is 17.0 Å². The Bertz CT molecular complexity index is 673. The van der Waals surface area contributed by atoms with Gasteiger partial charge in [0.2, 0.25) is 0 Å². The van der Waals surface area contributed by atoms with Crippen molar-refractivity contribution in [2.45, 2.75) is 11.3 Å². The standard InChI is InChI=1S/C12H8ClF3N2O2S/c13-7-1-2-9(8(5-7)12(14,15)16)18-4-3-17-11(18)21-6-10(19)20/h1-5H,6H2,(H,19,20). The first-order valence-electron chi connectivity index (χ1n) is 5.54. The van der Waals surface area contributed by atoms with Crippen LogP contribution in [0.3, 0.4) is 0 Å². The van der Waals surface area contributed by atoms with E-state index >= 15 is 0 Å². The van der Waals surface area contributed by atoms with Crippen LogP contribution in [0.1, 0.15) is 5.56 Å². The van der Waals surface area contributed by atoms with Crippen molar-refractivity contribution in [2.75, 3.05) is 5.75 Å². The highest BCUT2D eigenvalue weighted by Gasteiger charge is 2.34. The number of hydrogen-bond donors (Lipinski definition) is 1. The Labute approximate surface area is 126 Å². The summed E-state index contributed by atoms with van der Waals surface area (Å²) < 4.78 is 40.4. The molecule has 0 fully saturated rings. The van der Waals surface area contributed by atoms with Gasteiger partial charge in [-0.25, -0.2) is 4.98 Å². The number of aliphatic carboxylic acids is 1. The first-order chi connectivity index (χ1) is 9.79. The molecule has 21 heavy (non-hydrogen) atoms. The number of alkyl halides is 3. The van der Waals surface area contributed by atoms with Gasteiger partial charge in [0, 0.05) is 17.4 Å². The third-order valence-electron chi connectivity index (χ3n) is 2.46. The fourth-order valence-electron chi connectivity index (χ4n) is 1.65. The number of nitrogens with zero attached hydrogens (tertiary/aromatic N) is 2. The zero-order valence-electron chi connectivity index (χ0n) is 10.3. The van der Waals surface area contributed by atoms with Crippen molar-refractivity contribution in [2.24, 2.45) is 0 Å². The van der Waals surface area contributed by atoms with Gasteiger partial charge in [-0.05, 0) is 18.2 Å². The molecule has 0 saturated heterocycles. The molecule has 4 nitrogen and oxygen atoms in total. The largest absolute Gasteiger partial charge is 0.481 e. The summed E-state index contributed by atoms with van der Waals surface area (Å²) in [5.41, 5.74) is -1.07. The van der Waals surface area contributed by atoms with Crippen molar-refractivity contribution >= 4 is 29.3 Å². The Hall–Kier alpha value is -1.67. The number of carboxylic acids is 1. The molecule has 9 heteroatoms. The molecule has 0 unspecified atom stereocenters. The molecular formula is C12H8ClF3N2O2S. The van der Waals surface area contributed by atoms with Gasteiger partial charge < -0.3 is 5.11 Å². The number of rotatable bonds is 4. The summed E-state index contributed by atoms with van der Waals surface area (Å²) in [6, 6.07) is 3.37. The lowest BCUT2D eigenvalue weighted by Crippen LogP contribution is -2.11. The van der Waals surface area contributed by atoms with Crippen molar-refractivity contribution in [1.29, 1.82) is 0 Å². The molecule has 0 amide bonds. The van der Waals surface area contributed by atoms with Crippen LogP contribution in [-0.2, 0) is 11.0 Å². The molecule has 112 valence electrons. The summed E-state index contributed by atoms with van der Waals surface area (Å²) in [7, 11) is 0. The molecule has 0 atom stereocenters. The zero-order chi connectivity index (χ0) is 15.6. The summed E-state index contributed by atoms with van der Waals surface area (Å²) in [5, 5.41) is 8.76. The van der Waals surface area contributed by atoms with Crippen molar-refractivity contribution in [3.63, 3.8) is 0 Å². The Morgan fingerprint density at radius 2 is 2.14 bits per heavy atom. The van der Waals surface area contributed by atoms with Crippen LogP contribution >= 0.6 is 23.4 Å². The summed E-state index contributed by atoms with van der Waals surface area (Å²) in [6.07, 6.45) is -1.94. The van der Waals surface area contributed by atoms with Crippen molar-refractivity contribution < 1.29 is 23.1 Å². The minimum atomic E-state index is -4.58. The Morgan fingerprint density at radius 1 is 1.43 bits per heavy atom. The van der Waals surface area contributed by atoms with Crippen LogP contribution < -0.4 is 0 Å². The van der Waals surface area contributed by atoms with E-state index in [1.807, 2.05) is 0 Å².